The second-order valence-corrected chi connectivity index (χ2v) is 4.75. The van der Waals surface area contributed by atoms with Crippen LogP contribution in [0, 0.1) is 34.5 Å². The SMILES string of the molecule is C=CN(C=N)C(Oc1c(F)c(F)c(F)c(F)c1F)N1CCOCC1. The first kappa shape index (κ1) is 18.1. The number of ether oxygens (including phenoxy) is 2. The fourth-order valence-electron chi connectivity index (χ4n) is 2.12. The molecule has 0 spiro atoms. The normalized spacial score (nSPS) is 16.5. The Morgan fingerprint density at radius 1 is 1.04 bits per heavy atom. The number of nitrogens with zero attached hydrogens (tertiary/aromatic N) is 2. The van der Waals surface area contributed by atoms with Crippen molar-refractivity contribution in [3.8, 4) is 5.75 Å². The van der Waals surface area contributed by atoms with Gasteiger partial charge in [-0.25, -0.2) is 18.1 Å². The number of hydrogen-bond donors (Lipinski definition) is 1. The number of rotatable bonds is 6. The zero-order valence-corrected chi connectivity index (χ0v) is 12.4. The summed E-state index contributed by atoms with van der Waals surface area (Å²) in [4.78, 5) is 2.53. The van der Waals surface area contributed by atoms with Crippen LogP contribution >= 0.6 is 0 Å². The van der Waals surface area contributed by atoms with Crippen molar-refractivity contribution in [2.75, 3.05) is 26.3 Å². The highest BCUT2D eigenvalue weighted by molar-refractivity contribution is 5.52. The Morgan fingerprint density at radius 3 is 2.00 bits per heavy atom. The van der Waals surface area contributed by atoms with Gasteiger partial charge in [-0.3, -0.25) is 10.3 Å². The van der Waals surface area contributed by atoms with Crippen molar-refractivity contribution in [1.29, 1.82) is 5.41 Å². The van der Waals surface area contributed by atoms with Gasteiger partial charge < -0.3 is 9.47 Å². The van der Waals surface area contributed by atoms with E-state index in [1.54, 1.807) is 0 Å². The van der Waals surface area contributed by atoms with Crippen molar-refractivity contribution in [1.82, 2.24) is 9.80 Å². The van der Waals surface area contributed by atoms with Gasteiger partial charge >= 0.3 is 0 Å². The van der Waals surface area contributed by atoms with Gasteiger partial charge in [0, 0.05) is 19.3 Å². The van der Waals surface area contributed by atoms with Gasteiger partial charge in [-0.15, -0.1) is 0 Å². The summed E-state index contributed by atoms with van der Waals surface area (Å²) < 4.78 is 77.5. The molecule has 24 heavy (non-hydrogen) atoms. The molecule has 1 aromatic carbocycles. The minimum Gasteiger partial charge on any atom is -0.450 e. The Bertz CT molecular complexity index is 600. The van der Waals surface area contributed by atoms with E-state index in [-0.39, 0.29) is 26.3 Å². The van der Waals surface area contributed by atoms with Crippen molar-refractivity contribution >= 4 is 6.34 Å². The van der Waals surface area contributed by atoms with E-state index in [4.69, 9.17) is 14.9 Å². The van der Waals surface area contributed by atoms with E-state index in [1.165, 1.54) is 4.90 Å². The van der Waals surface area contributed by atoms with Crippen molar-refractivity contribution < 1.29 is 31.4 Å². The van der Waals surface area contributed by atoms with Crippen molar-refractivity contribution in [3.05, 3.63) is 41.9 Å². The van der Waals surface area contributed by atoms with E-state index in [0.717, 1.165) is 17.4 Å². The smallest absolute Gasteiger partial charge is 0.237 e. The Morgan fingerprint density at radius 2 is 1.54 bits per heavy atom. The predicted octanol–water partition coefficient (Wildman–Crippen LogP) is 2.43. The summed E-state index contributed by atoms with van der Waals surface area (Å²) in [5, 5.41) is 7.30. The molecule has 1 aliphatic heterocycles. The summed E-state index contributed by atoms with van der Waals surface area (Å²) in [6.45, 7) is 4.50. The first-order valence-corrected chi connectivity index (χ1v) is 6.82. The summed E-state index contributed by atoms with van der Waals surface area (Å²) in [5.74, 6) is -12.1. The van der Waals surface area contributed by atoms with Gasteiger partial charge in [0.05, 0.1) is 19.6 Å². The van der Waals surface area contributed by atoms with Crippen LogP contribution in [0.3, 0.4) is 0 Å². The molecule has 10 heteroatoms. The van der Waals surface area contributed by atoms with E-state index < -0.39 is 41.2 Å². The van der Waals surface area contributed by atoms with Crippen LogP contribution < -0.4 is 4.74 Å². The molecule has 0 amide bonds. The molecule has 0 bridgehead atoms. The van der Waals surface area contributed by atoms with Crippen LogP contribution in [-0.2, 0) is 4.74 Å². The quantitative estimate of drug-likeness (QED) is 0.214. The molecule has 1 fully saturated rings. The predicted molar refractivity (Wildman–Crippen MR) is 73.9 cm³/mol. The Labute approximate surface area is 134 Å². The molecule has 1 unspecified atom stereocenters. The maximum absolute atomic E-state index is 13.8. The van der Waals surface area contributed by atoms with Crippen LogP contribution in [-0.4, -0.2) is 48.8 Å². The molecule has 0 aliphatic carbocycles. The molecule has 2 rings (SSSR count). The average Bonchev–Trinajstić information content (AvgIpc) is 2.62. The van der Waals surface area contributed by atoms with Crippen LogP contribution in [0.15, 0.2) is 12.8 Å². The van der Waals surface area contributed by atoms with Gasteiger partial charge in [-0.2, -0.15) is 8.78 Å². The highest BCUT2D eigenvalue weighted by Gasteiger charge is 2.32. The maximum atomic E-state index is 13.8. The third-order valence-electron chi connectivity index (χ3n) is 3.37. The zero-order valence-electron chi connectivity index (χ0n) is 12.4. The fraction of sp³-hybridized carbons (Fsp3) is 0.357. The molecule has 1 atom stereocenters. The Balaban J connectivity index is 2.42. The molecular weight excluding hydrogens is 337 g/mol. The molecule has 1 saturated heterocycles. The van der Waals surface area contributed by atoms with Crippen molar-refractivity contribution in [2.45, 2.75) is 6.35 Å². The summed E-state index contributed by atoms with van der Waals surface area (Å²) in [5.41, 5.74) is 0. The summed E-state index contributed by atoms with van der Waals surface area (Å²) in [6.07, 6.45) is 0.551. The van der Waals surface area contributed by atoms with Crippen LogP contribution in [0.25, 0.3) is 0 Å². The van der Waals surface area contributed by atoms with Gasteiger partial charge in [0.15, 0.2) is 0 Å². The van der Waals surface area contributed by atoms with Gasteiger partial charge in [0.2, 0.25) is 41.2 Å². The summed E-state index contributed by atoms with van der Waals surface area (Å²) >= 11 is 0. The third-order valence-corrected chi connectivity index (χ3v) is 3.37. The summed E-state index contributed by atoms with van der Waals surface area (Å²) in [6, 6.07) is 0. The number of halogens is 5. The second kappa shape index (κ2) is 7.58. The number of hydrogen-bond acceptors (Lipinski definition) is 4. The molecule has 1 heterocycles. The molecular formula is C14H14F5N3O2. The molecule has 132 valence electrons. The lowest BCUT2D eigenvalue weighted by Gasteiger charge is -2.38. The molecule has 1 N–H and O–H groups in total. The highest BCUT2D eigenvalue weighted by Crippen LogP contribution is 2.30. The second-order valence-electron chi connectivity index (χ2n) is 4.75. The van der Waals surface area contributed by atoms with E-state index in [0.29, 0.717) is 0 Å². The highest BCUT2D eigenvalue weighted by atomic mass is 19.2. The lowest BCUT2D eigenvalue weighted by Crippen LogP contribution is -2.53. The lowest BCUT2D eigenvalue weighted by atomic mass is 10.2. The minimum atomic E-state index is -2.27. The van der Waals surface area contributed by atoms with Gasteiger partial charge in [0.25, 0.3) is 0 Å². The standard InChI is InChI=1S/C14H14F5N3O2/c1-2-21(7-20)14(22-3-5-23-6-4-22)24-13-11(18)9(16)8(15)10(17)12(13)19/h2,7,14,20H,1,3-6H2. The first-order chi connectivity index (χ1) is 11.4. The van der Waals surface area contributed by atoms with Crippen molar-refractivity contribution in [2.24, 2.45) is 0 Å². The van der Waals surface area contributed by atoms with Crippen LogP contribution in [0.4, 0.5) is 22.0 Å². The Kier molecular flexibility index (Phi) is 5.73. The van der Waals surface area contributed by atoms with Crippen molar-refractivity contribution in [3.63, 3.8) is 0 Å². The van der Waals surface area contributed by atoms with Gasteiger partial charge in [-0.05, 0) is 0 Å². The number of benzene rings is 1. The summed E-state index contributed by atoms with van der Waals surface area (Å²) in [7, 11) is 0. The van der Waals surface area contributed by atoms with Crippen LogP contribution in [0.2, 0.25) is 0 Å². The monoisotopic (exact) mass is 351 g/mol. The van der Waals surface area contributed by atoms with Crippen LogP contribution in [0.5, 0.6) is 5.75 Å². The molecule has 0 saturated carbocycles. The number of nitrogens with one attached hydrogen (secondary N) is 1. The largest absolute Gasteiger partial charge is 0.450 e. The molecule has 1 aliphatic rings. The maximum Gasteiger partial charge on any atom is 0.237 e. The van der Waals surface area contributed by atoms with Gasteiger partial charge in [0.1, 0.15) is 0 Å². The average molecular weight is 351 g/mol. The van der Waals surface area contributed by atoms with E-state index in [9.17, 15) is 22.0 Å². The Hall–Kier alpha value is -2.20. The lowest BCUT2D eigenvalue weighted by molar-refractivity contribution is -0.0893. The first-order valence-electron chi connectivity index (χ1n) is 6.82. The fourth-order valence-corrected chi connectivity index (χ4v) is 2.12. The number of morpholine rings is 1. The minimum absolute atomic E-state index is 0.262. The van der Waals surface area contributed by atoms with Crippen LogP contribution in [0.1, 0.15) is 0 Å². The molecule has 1 aromatic rings. The van der Waals surface area contributed by atoms with E-state index >= 15 is 0 Å². The molecule has 0 aromatic heterocycles. The van der Waals surface area contributed by atoms with E-state index in [2.05, 4.69) is 6.58 Å². The molecule has 0 radical (unpaired) electrons. The van der Waals surface area contributed by atoms with Gasteiger partial charge in [-0.1, -0.05) is 6.58 Å². The third kappa shape index (κ3) is 3.34. The topological polar surface area (TPSA) is 48.8 Å². The van der Waals surface area contributed by atoms with E-state index in [1.807, 2.05) is 0 Å². The zero-order chi connectivity index (χ0) is 17.9. The molecule has 5 nitrogen and oxygen atoms in total.